The van der Waals surface area contributed by atoms with Gasteiger partial charge in [-0.25, -0.2) is 0 Å². The minimum atomic E-state index is -0.697. The highest BCUT2D eigenvalue weighted by molar-refractivity contribution is 5.81. The number of aliphatic hydroxyl groups excluding tert-OH is 1. The summed E-state index contributed by atoms with van der Waals surface area (Å²) in [5.74, 6) is 0. The molecule has 0 unspecified atom stereocenters. The zero-order valence-electron chi connectivity index (χ0n) is 7.38. The number of hydrogen-bond acceptors (Lipinski definition) is 4. The summed E-state index contributed by atoms with van der Waals surface area (Å²) < 4.78 is 0. The lowest BCUT2D eigenvalue weighted by atomic mass is 10.1. The Morgan fingerprint density at radius 2 is 2.38 bits per heavy atom. The molecule has 13 heavy (non-hydrogen) atoms. The second-order valence-corrected chi connectivity index (χ2v) is 2.81. The van der Waals surface area contributed by atoms with Gasteiger partial charge < -0.3 is 10.3 Å². The maximum absolute atomic E-state index is 9.57. The molecule has 4 nitrogen and oxygen atoms in total. The third-order valence-corrected chi connectivity index (χ3v) is 1.69. The molecular formula is C9H12N2O2. The monoisotopic (exact) mass is 180 g/mol. The second kappa shape index (κ2) is 4.57. The maximum atomic E-state index is 9.57. The topological polar surface area (TPSA) is 65.7 Å². The summed E-state index contributed by atoms with van der Waals surface area (Å²) in [6.07, 6.45) is 1.22. The van der Waals surface area contributed by atoms with Crippen LogP contribution in [0.2, 0.25) is 0 Å². The van der Waals surface area contributed by atoms with Crippen LogP contribution in [0, 0.1) is 0 Å². The molecule has 1 heterocycles. The fraction of sp³-hybridized carbons (Fsp3) is 0.333. The van der Waals surface area contributed by atoms with Crippen molar-refractivity contribution >= 4 is 5.71 Å². The van der Waals surface area contributed by atoms with Crippen molar-refractivity contribution in [3.8, 4) is 0 Å². The Morgan fingerprint density at radius 1 is 1.62 bits per heavy atom. The Bertz CT molecular complexity index is 285. The average Bonchev–Trinajstić information content (AvgIpc) is 2.19. The predicted molar refractivity (Wildman–Crippen MR) is 48.7 cm³/mol. The Morgan fingerprint density at radius 3 is 2.92 bits per heavy atom. The van der Waals surface area contributed by atoms with E-state index in [1.807, 2.05) is 0 Å². The zero-order chi connectivity index (χ0) is 9.68. The van der Waals surface area contributed by atoms with Crippen molar-refractivity contribution in [2.24, 2.45) is 5.16 Å². The highest BCUT2D eigenvalue weighted by Crippen LogP contribution is 2.13. The van der Waals surface area contributed by atoms with Gasteiger partial charge in [0.05, 0.1) is 11.4 Å². The summed E-state index contributed by atoms with van der Waals surface area (Å²) in [6.45, 7) is 1.64. The number of aromatic nitrogens is 1. The van der Waals surface area contributed by atoms with Crippen LogP contribution in [0.4, 0.5) is 0 Å². The first-order valence-electron chi connectivity index (χ1n) is 4.00. The molecule has 0 bridgehead atoms. The number of oxime groups is 1. The van der Waals surface area contributed by atoms with Gasteiger partial charge in [-0.1, -0.05) is 11.2 Å². The molecule has 2 N–H and O–H groups in total. The summed E-state index contributed by atoms with van der Waals surface area (Å²) in [7, 11) is 0. The van der Waals surface area contributed by atoms with Gasteiger partial charge in [0, 0.05) is 12.6 Å². The van der Waals surface area contributed by atoms with E-state index < -0.39 is 6.10 Å². The quantitative estimate of drug-likeness (QED) is 0.419. The van der Waals surface area contributed by atoms with E-state index in [1.165, 1.54) is 0 Å². The van der Waals surface area contributed by atoms with Crippen LogP contribution in [0.25, 0.3) is 0 Å². The van der Waals surface area contributed by atoms with Crippen molar-refractivity contribution < 1.29 is 10.3 Å². The molecule has 4 heteroatoms. The van der Waals surface area contributed by atoms with Crippen LogP contribution < -0.4 is 0 Å². The summed E-state index contributed by atoms with van der Waals surface area (Å²) in [5.41, 5.74) is 1.07. The van der Waals surface area contributed by atoms with Crippen molar-refractivity contribution in [3.63, 3.8) is 0 Å². The van der Waals surface area contributed by atoms with Crippen LogP contribution in [0.5, 0.6) is 0 Å². The van der Waals surface area contributed by atoms with Gasteiger partial charge >= 0.3 is 0 Å². The van der Waals surface area contributed by atoms with Crippen LogP contribution >= 0.6 is 0 Å². The summed E-state index contributed by atoms with van der Waals surface area (Å²) in [5, 5.41) is 20.9. The van der Waals surface area contributed by atoms with Gasteiger partial charge in [-0.3, -0.25) is 4.98 Å². The molecule has 0 saturated carbocycles. The minimum absolute atomic E-state index is 0.299. The Hall–Kier alpha value is -1.42. The largest absolute Gasteiger partial charge is 0.411 e. The molecule has 0 aliphatic rings. The number of aliphatic hydroxyl groups is 1. The Balaban J connectivity index is 2.64. The van der Waals surface area contributed by atoms with E-state index in [-0.39, 0.29) is 0 Å². The molecule has 0 aromatic carbocycles. The maximum Gasteiger partial charge on any atom is 0.101 e. The van der Waals surface area contributed by atoms with E-state index in [0.717, 1.165) is 0 Å². The van der Waals surface area contributed by atoms with Gasteiger partial charge in [-0.05, 0) is 19.1 Å². The summed E-state index contributed by atoms with van der Waals surface area (Å²) in [6, 6.07) is 5.31. The van der Waals surface area contributed by atoms with Crippen LogP contribution in [0.3, 0.4) is 0 Å². The normalized spacial score (nSPS) is 14.2. The van der Waals surface area contributed by atoms with E-state index in [1.54, 1.807) is 31.3 Å². The molecule has 0 aliphatic carbocycles. The first kappa shape index (κ1) is 9.67. The lowest BCUT2D eigenvalue weighted by molar-refractivity contribution is 0.179. The summed E-state index contributed by atoms with van der Waals surface area (Å²) in [4.78, 5) is 3.98. The predicted octanol–water partition coefficient (Wildman–Crippen LogP) is 1.36. The highest BCUT2D eigenvalue weighted by atomic mass is 16.4. The van der Waals surface area contributed by atoms with E-state index >= 15 is 0 Å². The SMILES string of the molecule is C/C(C[C@H](O)c1ccccn1)=N/O. The third kappa shape index (κ3) is 2.83. The Labute approximate surface area is 76.5 Å². The van der Waals surface area contributed by atoms with Crippen molar-refractivity contribution in [1.82, 2.24) is 4.98 Å². The number of nitrogens with zero attached hydrogens (tertiary/aromatic N) is 2. The number of rotatable bonds is 3. The lowest BCUT2D eigenvalue weighted by Crippen LogP contribution is -2.05. The van der Waals surface area contributed by atoms with Crippen LogP contribution in [0.15, 0.2) is 29.6 Å². The highest BCUT2D eigenvalue weighted by Gasteiger charge is 2.09. The molecule has 0 fully saturated rings. The number of hydrogen-bond donors (Lipinski definition) is 2. The summed E-state index contributed by atoms with van der Waals surface area (Å²) >= 11 is 0. The van der Waals surface area contributed by atoms with Crippen molar-refractivity contribution in [1.29, 1.82) is 0 Å². The van der Waals surface area contributed by atoms with E-state index in [9.17, 15) is 5.11 Å². The van der Waals surface area contributed by atoms with Gasteiger partial charge in [0.15, 0.2) is 0 Å². The molecular weight excluding hydrogens is 168 g/mol. The zero-order valence-corrected chi connectivity index (χ0v) is 7.38. The molecule has 1 rings (SSSR count). The molecule has 1 atom stereocenters. The van der Waals surface area contributed by atoms with Crippen molar-refractivity contribution in [3.05, 3.63) is 30.1 Å². The molecule has 1 aromatic heterocycles. The molecule has 1 aromatic rings. The molecule has 0 saturated heterocycles. The van der Waals surface area contributed by atoms with Crippen molar-refractivity contribution in [2.45, 2.75) is 19.4 Å². The molecule has 0 aliphatic heterocycles. The van der Waals surface area contributed by atoms with Crippen LogP contribution in [0.1, 0.15) is 25.1 Å². The average molecular weight is 180 g/mol. The fourth-order valence-electron chi connectivity index (χ4n) is 0.998. The molecule has 70 valence electrons. The van der Waals surface area contributed by atoms with Gasteiger partial charge in [0.2, 0.25) is 0 Å². The van der Waals surface area contributed by atoms with E-state index in [0.29, 0.717) is 17.8 Å². The number of pyridine rings is 1. The first-order chi connectivity index (χ1) is 6.24. The second-order valence-electron chi connectivity index (χ2n) is 2.81. The van der Waals surface area contributed by atoms with E-state index in [2.05, 4.69) is 10.1 Å². The van der Waals surface area contributed by atoms with Crippen LogP contribution in [-0.2, 0) is 0 Å². The fourth-order valence-corrected chi connectivity index (χ4v) is 0.998. The van der Waals surface area contributed by atoms with Gasteiger partial charge in [-0.2, -0.15) is 0 Å². The third-order valence-electron chi connectivity index (χ3n) is 1.69. The van der Waals surface area contributed by atoms with Gasteiger partial charge in [0.1, 0.15) is 6.10 Å². The lowest BCUT2D eigenvalue weighted by Gasteiger charge is -2.07. The smallest absolute Gasteiger partial charge is 0.101 e. The first-order valence-corrected chi connectivity index (χ1v) is 4.00. The van der Waals surface area contributed by atoms with Gasteiger partial charge in [-0.15, -0.1) is 0 Å². The Kier molecular flexibility index (Phi) is 3.40. The standard InChI is InChI=1S/C9H12N2O2/c1-7(11-13)6-9(12)8-4-2-3-5-10-8/h2-5,9,12-13H,6H2,1H3/b11-7-/t9-/m0/s1. The molecule has 0 spiro atoms. The van der Waals surface area contributed by atoms with E-state index in [4.69, 9.17) is 5.21 Å². The minimum Gasteiger partial charge on any atom is -0.411 e. The molecule has 0 radical (unpaired) electrons. The molecule has 0 amide bonds. The van der Waals surface area contributed by atoms with Gasteiger partial charge in [0.25, 0.3) is 0 Å². The van der Waals surface area contributed by atoms with Crippen LogP contribution in [-0.4, -0.2) is 21.0 Å². The van der Waals surface area contributed by atoms with Crippen molar-refractivity contribution in [2.75, 3.05) is 0 Å².